The van der Waals surface area contributed by atoms with Crippen LogP contribution in [0.25, 0.3) is 0 Å². The lowest BCUT2D eigenvalue weighted by atomic mass is 9.99. The predicted octanol–water partition coefficient (Wildman–Crippen LogP) is 2.86. The number of hydrogen-bond donors (Lipinski definition) is 2. The van der Waals surface area contributed by atoms with E-state index in [0.717, 1.165) is 25.6 Å². The monoisotopic (exact) mass is 287 g/mol. The van der Waals surface area contributed by atoms with Crippen LogP contribution in [-0.2, 0) is 13.0 Å². The maximum absolute atomic E-state index is 3.69. The summed E-state index contributed by atoms with van der Waals surface area (Å²) in [5.74, 6) is 0.819. The van der Waals surface area contributed by atoms with E-state index in [0.29, 0.717) is 6.04 Å². The van der Waals surface area contributed by atoms with E-state index in [1.807, 2.05) is 0 Å². The first kappa shape index (κ1) is 14.9. The average Bonchev–Trinajstić information content (AvgIpc) is 2.97. The van der Waals surface area contributed by atoms with E-state index < -0.39 is 0 Å². The van der Waals surface area contributed by atoms with Crippen LogP contribution in [0.4, 0.5) is 5.69 Å². The van der Waals surface area contributed by atoms with Crippen LogP contribution >= 0.6 is 0 Å². The van der Waals surface area contributed by atoms with Crippen molar-refractivity contribution in [2.24, 2.45) is 5.92 Å². The number of hydrogen-bond acceptors (Lipinski definition) is 3. The Morgan fingerprint density at radius 3 is 3.10 bits per heavy atom. The highest BCUT2D eigenvalue weighted by atomic mass is 15.2. The molecule has 1 saturated heterocycles. The highest BCUT2D eigenvalue weighted by molar-refractivity contribution is 5.59. The average molecular weight is 287 g/mol. The molecule has 0 bridgehead atoms. The molecule has 1 aromatic rings. The second kappa shape index (κ2) is 6.80. The molecule has 1 fully saturated rings. The van der Waals surface area contributed by atoms with Crippen molar-refractivity contribution in [2.45, 2.75) is 45.7 Å². The second-order valence-electron chi connectivity index (χ2n) is 6.86. The van der Waals surface area contributed by atoms with Gasteiger partial charge in [-0.1, -0.05) is 18.2 Å². The molecule has 3 rings (SSSR count). The van der Waals surface area contributed by atoms with Gasteiger partial charge in [0.25, 0.3) is 0 Å². The molecule has 2 aliphatic rings. The molecule has 1 unspecified atom stereocenters. The number of likely N-dealkylation sites (tertiary alicyclic amines) is 1. The van der Waals surface area contributed by atoms with Gasteiger partial charge in [0.15, 0.2) is 0 Å². The lowest BCUT2D eigenvalue weighted by Crippen LogP contribution is -2.30. The number of nitrogens with one attached hydrogen (secondary N) is 2. The van der Waals surface area contributed by atoms with Gasteiger partial charge in [-0.3, -0.25) is 0 Å². The lowest BCUT2D eigenvalue weighted by Gasteiger charge is -2.22. The molecule has 0 saturated carbocycles. The predicted molar refractivity (Wildman–Crippen MR) is 89.8 cm³/mol. The zero-order valence-electron chi connectivity index (χ0n) is 13.5. The standard InChI is InChI=1S/C18H29N3/c1-14(2)21-10-8-15(13-21)11-19-12-17-6-3-5-16-7-4-9-20-18(16)17/h3,5-6,14-15,19-20H,4,7-13H2,1-2H3. The third-order valence-electron chi connectivity index (χ3n) is 4.96. The summed E-state index contributed by atoms with van der Waals surface area (Å²) in [6.45, 7) is 10.4. The van der Waals surface area contributed by atoms with Gasteiger partial charge in [-0.15, -0.1) is 0 Å². The first-order valence-electron chi connectivity index (χ1n) is 8.53. The molecule has 2 aliphatic heterocycles. The molecule has 0 amide bonds. The quantitative estimate of drug-likeness (QED) is 0.872. The maximum Gasteiger partial charge on any atom is 0.0418 e. The smallest absolute Gasteiger partial charge is 0.0418 e. The highest BCUT2D eigenvalue weighted by Gasteiger charge is 2.23. The van der Waals surface area contributed by atoms with Crippen molar-refractivity contribution >= 4 is 5.69 Å². The van der Waals surface area contributed by atoms with Crippen molar-refractivity contribution in [1.29, 1.82) is 0 Å². The summed E-state index contributed by atoms with van der Waals surface area (Å²) in [5, 5.41) is 7.27. The lowest BCUT2D eigenvalue weighted by molar-refractivity contribution is 0.264. The molecule has 21 heavy (non-hydrogen) atoms. The van der Waals surface area contributed by atoms with E-state index >= 15 is 0 Å². The van der Waals surface area contributed by atoms with E-state index in [-0.39, 0.29) is 0 Å². The number of anilines is 1. The molecule has 1 atom stereocenters. The zero-order valence-corrected chi connectivity index (χ0v) is 13.5. The van der Waals surface area contributed by atoms with Crippen molar-refractivity contribution in [3.63, 3.8) is 0 Å². The molecule has 0 aliphatic carbocycles. The van der Waals surface area contributed by atoms with E-state index in [1.165, 1.54) is 49.2 Å². The molecular formula is C18H29N3. The summed E-state index contributed by atoms with van der Waals surface area (Å²) in [6.07, 6.45) is 3.83. The zero-order chi connectivity index (χ0) is 14.7. The Morgan fingerprint density at radius 2 is 2.29 bits per heavy atom. The molecule has 116 valence electrons. The van der Waals surface area contributed by atoms with Gasteiger partial charge < -0.3 is 15.5 Å². The van der Waals surface area contributed by atoms with Gasteiger partial charge in [-0.25, -0.2) is 0 Å². The Balaban J connectivity index is 1.50. The number of aryl methyl sites for hydroxylation is 1. The first-order valence-corrected chi connectivity index (χ1v) is 8.53. The minimum absolute atomic E-state index is 0.695. The summed E-state index contributed by atoms with van der Waals surface area (Å²) in [6, 6.07) is 7.43. The van der Waals surface area contributed by atoms with Crippen molar-refractivity contribution in [3.05, 3.63) is 29.3 Å². The molecule has 1 aromatic carbocycles. The van der Waals surface area contributed by atoms with Gasteiger partial charge in [0.1, 0.15) is 0 Å². The number of rotatable bonds is 5. The third kappa shape index (κ3) is 3.58. The Hall–Kier alpha value is -1.06. The Kier molecular flexibility index (Phi) is 4.81. The molecule has 3 nitrogen and oxygen atoms in total. The van der Waals surface area contributed by atoms with Gasteiger partial charge in [0, 0.05) is 31.4 Å². The number of para-hydroxylation sites is 1. The number of benzene rings is 1. The second-order valence-corrected chi connectivity index (χ2v) is 6.86. The molecule has 2 N–H and O–H groups in total. The van der Waals surface area contributed by atoms with Gasteiger partial charge in [-0.05, 0) is 63.2 Å². The summed E-state index contributed by atoms with van der Waals surface area (Å²) in [5.41, 5.74) is 4.32. The Bertz CT molecular complexity index is 470. The van der Waals surface area contributed by atoms with E-state index in [1.54, 1.807) is 0 Å². The SMILES string of the molecule is CC(C)N1CCC(CNCc2cccc3c2NCCC3)C1. The van der Waals surface area contributed by atoms with Crippen LogP contribution in [0.5, 0.6) is 0 Å². The third-order valence-corrected chi connectivity index (χ3v) is 4.96. The fraction of sp³-hybridized carbons (Fsp3) is 0.667. The van der Waals surface area contributed by atoms with Crippen LogP contribution in [-0.4, -0.2) is 37.1 Å². The Labute approximate surface area is 129 Å². The fourth-order valence-electron chi connectivity index (χ4n) is 3.64. The van der Waals surface area contributed by atoms with Gasteiger partial charge in [0.2, 0.25) is 0 Å². The van der Waals surface area contributed by atoms with Crippen molar-refractivity contribution in [2.75, 3.05) is 31.5 Å². The molecule has 0 spiro atoms. The minimum atomic E-state index is 0.695. The first-order chi connectivity index (χ1) is 10.2. The van der Waals surface area contributed by atoms with Crippen LogP contribution in [0.15, 0.2) is 18.2 Å². The van der Waals surface area contributed by atoms with E-state index in [4.69, 9.17) is 0 Å². The van der Waals surface area contributed by atoms with Crippen molar-refractivity contribution in [1.82, 2.24) is 10.2 Å². The molecule has 3 heteroatoms. The van der Waals surface area contributed by atoms with Crippen LogP contribution in [0.2, 0.25) is 0 Å². The number of fused-ring (bicyclic) bond motifs is 1. The molecule has 0 aromatic heterocycles. The van der Waals surface area contributed by atoms with Gasteiger partial charge >= 0.3 is 0 Å². The van der Waals surface area contributed by atoms with E-state index in [9.17, 15) is 0 Å². The fourth-order valence-corrected chi connectivity index (χ4v) is 3.64. The summed E-state index contributed by atoms with van der Waals surface area (Å²) < 4.78 is 0. The normalized spacial score (nSPS) is 22.3. The topological polar surface area (TPSA) is 27.3 Å². The Morgan fingerprint density at radius 1 is 1.38 bits per heavy atom. The van der Waals surface area contributed by atoms with Crippen molar-refractivity contribution in [3.8, 4) is 0 Å². The van der Waals surface area contributed by atoms with Crippen molar-refractivity contribution < 1.29 is 0 Å². The highest BCUT2D eigenvalue weighted by Crippen LogP contribution is 2.26. The summed E-state index contributed by atoms with van der Waals surface area (Å²) in [7, 11) is 0. The van der Waals surface area contributed by atoms with Gasteiger partial charge in [0.05, 0.1) is 0 Å². The van der Waals surface area contributed by atoms with Crippen LogP contribution < -0.4 is 10.6 Å². The molecular weight excluding hydrogens is 258 g/mol. The number of nitrogens with zero attached hydrogens (tertiary/aromatic N) is 1. The minimum Gasteiger partial charge on any atom is -0.385 e. The summed E-state index contributed by atoms with van der Waals surface area (Å²) >= 11 is 0. The van der Waals surface area contributed by atoms with Crippen LogP contribution in [0.1, 0.15) is 37.8 Å². The molecule has 2 heterocycles. The molecule has 0 radical (unpaired) electrons. The van der Waals surface area contributed by atoms with Gasteiger partial charge in [-0.2, -0.15) is 0 Å². The van der Waals surface area contributed by atoms with Crippen LogP contribution in [0, 0.1) is 5.92 Å². The van der Waals surface area contributed by atoms with E-state index in [2.05, 4.69) is 47.6 Å². The summed E-state index contributed by atoms with van der Waals surface area (Å²) in [4.78, 5) is 2.60. The van der Waals surface area contributed by atoms with Crippen LogP contribution in [0.3, 0.4) is 0 Å². The largest absolute Gasteiger partial charge is 0.385 e. The maximum atomic E-state index is 3.69.